The maximum Gasteiger partial charge on any atom is 0.320 e. The molecule has 0 atom stereocenters. The Labute approximate surface area is 208 Å². The summed E-state index contributed by atoms with van der Waals surface area (Å²) in [6.45, 7) is 1.49. The number of sulfone groups is 1. The van der Waals surface area contributed by atoms with Crippen molar-refractivity contribution in [2.24, 2.45) is 5.92 Å². The molecule has 2 aliphatic heterocycles. The predicted octanol–water partition coefficient (Wildman–Crippen LogP) is 2.98. The number of carbonyl (C=O) groups is 1. The van der Waals surface area contributed by atoms with Gasteiger partial charge in [0.05, 0.1) is 29.2 Å². The number of benzene rings is 1. The number of hydrogen-bond donors (Lipinski definition) is 1. The van der Waals surface area contributed by atoms with E-state index in [-0.39, 0.29) is 53.8 Å². The molecule has 7 nitrogen and oxygen atoms in total. The maximum atomic E-state index is 14.1. The van der Waals surface area contributed by atoms with E-state index in [2.05, 4.69) is 9.80 Å². The molecular formula is C26H38FN3O4S. The number of amides is 2. The van der Waals surface area contributed by atoms with Crippen molar-refractivity contribution in [3.63, 3.8) is 0 Å². The summed E-state index contributed by atoms with van der Waals surface area (Å²) in [6, 6.07) is 6.86. The van der Waals surface area contributed by atoms with Gasteiger partial charge < -0.3 is 14.9 Å². The van der Waals surface area contributed by atoms with Crippen molar-refractivity contribution < 1.29 is 22.7 Å². The summed E-state index contributed by atoms with van der Waals surface area (Å²) in [5.74, 6) is 0.259. The minimum Gasteiger partial charge on any atom is -0.388 e. The van der Waals surface area contributed by atoms with Crippen LogP contribution < -0.4 is 0 Å². The molecule has 0 radical (unpaired) electrons. The SMILES string of the molecule is CN(C)C1(c2cccc(F)c2)CCC2(CC1)CN(CC1(O)CCS(=O)(=O)CC1)C(=O)N2CC1CC1. The fourth-order valence-corrected chi connectivity index (χ4v) is 8.18. The van der Waals surface area contributed by atoms with Gasteiger partial charge in [-0.2, -0.15) is 0 Å². The van der Waals surface area contributed by atoms with Crippen LogP contribution in [-0.4, -0.2) is 90.6 Å². The van der Waals surface area contributed by atoms with Crippen LogP contribution in [0.15, 0.2) is 24.3 Å². The van der Waals surface area contributed by atoms with Gasteiger partial charge in [0.25, 0.3) is 0 Å². The first-order valence-corrected chi connectivity index (χ1v) is 14.7. The lowest BCUT2D eigenvalue weighted by atomic mass is 9.68. The highest BCUT2D eigenvalue weighted by Gasteiger charge is 2.56. The summed E-state index contributed by atoms with van der Waals surface area (Å²) < 4.78 is 37.9. The van der Waals surface area contributed by atoms with Gasteiger partial charge in [0.15, 0.2) is 9.84 Å². The number of halogens is 1. The third-order valence-electron chi connectivity index (χ3n) is 9.16. The average molecular weight is 508 g/mol. The van der Waals surface area contributed by atoms with Crippen molar-refractivity contribution in [2.75, 3.05) is 45.2 Å². The quantitative estimate of drug-likeness (QED) is 0.640. The lowest BCUT2D eigenvalue weighted by molar-refractivity contribution is 0.00229. The molecular weight excluding hydrogens is 469 g/mol. The molecule has 2 saturated carbocycles. The highest BCUT2D eigenvalue weighted by Crippen LogP contribution is 2.50. The van der Waals surface area contributed by atoms with Crippen LogP contribution in [0.1, 0.15) is 56.9 Å². The normalized spacial score (nSPS) is 29.8. The molecule has 2 saturated heterocycles. The minimum atomic E-state index is -3.10. The third-order valence-corrected chi connectivity index (χ3v) is 10.8. The van der Waals surface area contributed by atoms with Crippen molar-refractivity contribution in [1.29, 1.82) is 0 Å². The topological polar surface area (TPSA) is 81.2 Å². The first-order valence-electron chi connectivity index (χ1n) is 12.9. The molecule has 0 bridgehead atoms. The molecule has 2 aliphatic carbocycles. The van der Waals surface area contributed by atoms with Gasteiger partial charge in [-0.3, -0.25) is 4.90 Å². The molecule has 35 heavy (non-hydrogen) atoms. The highest BCUT2D eigenvalue weighted by atomic mass is 32.2. The molecule has 1 N–H and O–H groups in total. The van der Waals surface area contributed by atoms with E-state index in [1.165, 1.54) is 6.07 Å². The zero-order valence-electron chi connectivity index (χ0n) is 20.9. The second-order valence-electron chi connectivity index (χ2n) is 11.7. The van der Waals surface area contributed by atoms with Crippen LogP contribution in [0.3, 0.4) is 0 Å². The summed E-state index contributed by atoms with van der Waals surface area (Å²) >= 11 is 0. The van der Waals surface area contributed by atoms with Gasteiger partial charge >= 0.3 is 6.03 Å². The van der Waals surface area contributed by atoms with Crippen molar-refractivity contribution in [1.82, 2.24) is 14.7 Å². The molecule has 2 heterocycles. The van der Waals surface area contributed by atoms with Gasteiger partial charge in [0.1, 0.15) is 5.82 Å². The molecule has 1 aromatic carbocycles. The number of hydrogen-bond acceptors (Lipinski definition) is 5. The Balaban J connectivity index is 1.37. The molecule has 1 aromatic rings. The fraction of sp³-hybridized carbons (Fsp3) is 0.731. The predicted molar refractivity (Wildman–Crippen MR) is 132 cm³/mol. The molecule has 0 aromatic heterocycles. The Morgan fingerprint density at radius 2 is 1.74 bits per heavy atom. The lowest BCUT2D eigenvalue weighted by Crippen LogP contribution is -2.55. The fourth-order valence-electron chi connectivity index (χ4n) is 6.60. The van der Waals surface area contributed by atoms with Gasteiger partial charge in [-0.15, -0.1) is 0 Å². The first-order chi connectivity index (χ1) is 16.5. The van der Waals surface area contributed by atoms with E-state index in [0.29, 0.717) is 12.5 Å². The standard InChI is InChI=1S/C26H38FN3O4S/c1-28(2)26(21-4-3-5-22(27)16-21)10-8-24(9-11-26)18-29(23(31)30(24)17-20-6-7-20)19-25(32)12-14-35(33,34)15-13-25/h3-5,16,20,32H,6-15,17-19H2,1-2H3. The monoisotopic (exact) mass is 507 g/mol. The van der Waals surface area contributed by atoms with Crippen LogP contribution in [0.25, 0.3) is 0 Å². The van der Waals surface area contributed by atoms with E-state index < -0.39 is 15.4 Å². The first kappa shape index (κ1) is 25.0. The van der Waals surface area contributed by atoms with E-state index in [1.807, 2.05) is 20.2 Å². The van der Waals surface area contributed by atoms with Crippen molar-refractivity contribution >= 4 is 15.9 Å². The van der Waals surface area contributed by atoms with E-state index in [9.17, 15) is 22.7 Å². The number of rotatable bonds is 6. The summed E-state index contributed by atoms with van der Waals surface area (Å²) in [4.78, 5) is 19.7. The number of aliphatic hydroxyl groups is 1. The highest BCUT2D eigenvalue weighted by molar-refractivity contribution is 7.91. The average Bonchev–Trinajstić information content (AvgIpc) is 3.60. The van der Waals surface area contributed by atoms with Gasteiger partial charge in [-0.25, -0.2) is 17.6 Å². The van der Waals surface area contributed by atoms with Gasteiger partial charge in [0, 0.05) is 18.6 Å². The zero-order valence-corrected chi connectivity index (χ0v) is 21.7. The Hall–Kier alpha value is -1.71. The Kier molecular flexibility index (Phi) is 6.20. The van der Waals surface area contributed by atoms with Crippen LogP contribution in [0.5, 0.6) is 0 Å². The Morgan fingerprint density at radius 1 is 1.09 bits per heavy atom. The number of carbonyl (C=O) groups excluding carboxylic acids is 1. The van der Waals surface area contributed by atoms with Crippen LogP contribution in [0, 0.1) is 11.7 Å². The number of β-amino-alcohol motifs (C(OH)–C–C–N with tert-alkyl or cyclic N) is 1. The lowest BCUT2D eigenvalue weighted by Gasteiger charge is -2.51. The molecule has 4 aliphatic rings. The van der Waals surface area contributed by atoms with Crippen LogP contribution in [-0.2, 0) is 15.4 Å². The zero-order chi connectivity index (χ0) is 25.1. The van der Waals surface area contributed by atoms with Gasteiger partial charge in [-0.1, -0.05) is 12.1 Å². The van der Waals surface area contributed by atoms with Crippen molar-refractivity contribution in [2.45, 2.75) is 68.0 Å². The molecule has 2 amide bonds. The smallest absolute Gasteiger partial charge is 0.320 e. The van der Waals surface area contributed by atoms with Gasteiger partial charge in [0.2, 0.25) is 0 Å². The number of nitrogens with zero attached hydrogens (tertiary/aromatic N) is 3. The second kappa shape index (κ2) is 8.70. The summed E-state index contributed by atoms with van der Waals surface area (Å²) in [5, 5.41) is 11.2. The summed E-state index contributed by atoms with van der Waals surface area (Å²) in [7, 11) is 0.988. The summed E-state index contributed by atoms with van der Waals surface area (Å²) in [6.07, 6.45) is 5.89. The van der Waals surface area contributed by atoms with Crippen molar-refractivity contribution in [3.8, 4) is 0 Å². The molecule has 9 heteroatoms. The molecule has 0 unspecified atom stereocenters. The van der Waals surface area contributed by atoms with Crippen molar-refractivity contribution in [3.05, 3.63) is 35.6 Å². The molecule has 4 fully saturated rings. The van der Waals surface area contributed by atoms with Crippen LogP contribution in [0.2, 0.25) is 0 Å². The van der Waals surface area contributed by atoms with E-state index in [0.717, 1.165) is 50.6 Å². The largest absolute Gasteiger partial charge is 0.388 e. The number of urea groups is 1. The van der Waals surface area contributed by atoms with E-state index in [4.69, 9.17) is 0 Å². The third kappa shape index (κ3) is 4.71. The van der Waals surface area contributed by atoms with Gasteiger partial charge in [-0.05, 0) is 89.1 Å². The molecule has 1 spiro atoms. The molecule has 5 rings (SSSR count). The van der Waals surface area contributed by atoms with Crippen LogP contribution in [0.4, 0.5) is 9.18 Å². The summed E-state index contributed by atoms with van der Waals surface area (Å²) in [5.41, 5.74) is -0.763. The Morgan fingerprint density at radius 3 is 2.31 bits per heavy atom. The maximum absolute atomic E-state index is 14.1. The minimum absolute atomic E-state index is 0.0261. The molecule has 194 valence electrons. The Bertz CT molecular complexity index is 1070. The second-order valence-corrected chi connectivity index (χ2v) is 14.0. The van der Waals surface area contributed by atoms with E-state index in [1.54, 1.807) is 17.0 Å². The van der Waals surface area contributed by atoms with Crippen LogP contribution >= 0.6 is 0 Å². The van der Waals surface area contributed by atoms with E-state index >= 15 is 0 Å².